The first kappa shape index (κ1) is 17.3. The Hall–Kier alpha value is -2.17. The summed E-state index contributed by atoms with van der Waals surface area (Å²) in [5.41, 5.74) is 4.44. The number of benzene rings is 2. The molecule has 1 fully saturated rings. The molecule has 0 amide bonds. The van der Waals surface area contributed by atoms with E-state index in [9.17, 15) is 4.79 Å². The van der Waals surface area contributed by atoms with E-state index in [1.165, 1.54) is 0 Å². The topological polar surface area (TPSA) is 32.8 Å². The number of carbonyl (C=O) groups excluding carboxylic acids is 1. The van der Waals surface area contributed by atoms with Crippen LogP contribution >= 0.6 is 0 Å². The Morgan fingerprint density at radius 3 is 2.04 bits per heavy atom. The van der Waals surface area contributed by atoms with E-state index < -0.39 is 0 Å². The Labute approximate surface area is 155 Å². The van der Waals surface area contributed by atoms with Crippen LogP contribution in [0.15, 0.2) is 48.5 Å². The fourth-order valence-electron chi connectivity index (χ4n) is 4.10. The van der Waals surface area contributed by atoms with Gasteiger partial charge in [-0.3, -0.25) is 9.69 Å². The summed E-state index contributed by atoms with van der Waals surface area (Å²) in [6, 6.07) is 16.3. The summed E-state index contributed by atoms with van der Waals surface area (Å²) >= 11 is 0. The van der Waals surface area contributed by atoms with Gasteiger partial charge in [-0.2, -0.15) is 0 Å². The van der Waals surface area contributed by atoms with Gasteiger partial charge in [0.2, 0.25) is 0 Å². The summed E-state index contributed by atoms with van der Waals surface area (Å²) < 4.78 is 5.70. The largest absolute Gasteiger partial charge is 0.464 e. The monoisotopic (exact) mass is 350 g/mol. The smallest absolute Gasteiger partial charge is 0.318 e. The lowest BCUT2D eigenvalue weighted by Crippen LogP contribution is -2.47. The van der Waals surface area contributed by atoms with Crippen molar-refractivity contribution in [2.24, 2.45) is 0 Å². The van der Waals surface area contributed by atoms with Crippen LogP contribution in [0.5, 0.6) is 0 Å². The van der Waals surface area contributed by atoms with Crippen molar-refractivity contribution in [3.8, 4) is 11.1 Å². The number of esters is 1. The van der Waals surface area contributed by atoms with E-state index in [4.69, 9.17) is 4.74 Å². The van der Waals surface area contributed by atoms with Gasteiger partial charge < -0.3 is 9.64 Å². The first-order chi connectivity index (χ1) is 12.8. The van der Waals surface area contributed by atoms with Gasteiger partial charge in [0.25, 0.3) is 0 Å². The maximum Gasteiger partial charge on any atom is 0.318 e. The molecular formula is C22H26N2O2. The molecule has 1 saturated heterocycles. The van der Waals surface area contributed by atoms with E-state index in [2.05, 4.69) is 28.9 Å². The van der Waals surface area contributed by atoms with Crippen molar-refractivity contribution in [2.45, 2.75) is 12.8 Å². The van der Waals surface area contributed by atoms with E-state index in [1.807, 2.05) is 36.4 Å². The number of fused-ring (bicyclic) bond motifs is 3. The highest BCUT2D eigenvalue weighted by Crippen LogP contribution is 2.44. The van der Waals surface area contributed by atoms with Crippen LogP contribution in [0.1, 0.15) is 24.0 Å². The number of piperazine rings is 1. The van der Waals surface area contributed by atoms with Crippen molar-refractivity contribution in [2.75, 3.05) is 45.9 Å². The van der Waals surface area contributed by atoms with Gasteiger partial charge in [0, 0.05) is 32.7 Å². The molecule has 0 saturated carbocycles. The Balaban J connectivity index is 1.39. The molecule has 0 bridgehead atoms. The predicted molar refractivity (Wildman–Crippen MR) is 103 cm³/mol. The summed E-state index contributed by atoms with van der Waals surface area (Å²) in [5.74, 6) is -0.422. The van der Waals surface area contributed by atoms with Gasteiger partial charge in [-0.05, 0) is 28.8 Å². The summed E-state index contributed by atoms with van der Waals surface area (Å²) in [6.45, 7) is 8.92. The van der Waals surface area contributed by atoms with Crippen LogP contribution in [0.3, 0.4) is 0 Å². The van der Waals surface area contributed by atoms with E-state index in [0.29, 0.717) is 6.61 Å². The van der Waals surface area contributed by atoms with Crippen LogP contribution in [0.4, 0.5) is 0 Å². The lowest BCUT2D eigenvalue weighted by Gasteiger charge is -2.33. The van der Waals surface area contributed by atoms with Crippen molar-refractivity contribution < 1.29 is 9.53 Å². The Bertz CT molecular complexity index is 736. The summed E-state index contributed by atoms with van der Waals surface area (Å²) in [7, 11) is 0. The molecule has 4 rings (SSSR count). The predicted octanol–water partition coefficient (Wildman–Crippen LogP) is 2.98. The molecule has 1 aliphatic heterocycles. The normalized spacial score (nSPS) is 17.7. The second-order valence-corrected chi connectivity index (χ2v) is 7.05. The Morgan fingerprint density at radius 1 is 0.923 bits per heavy atom. The van der Waals surface area contributed by atoms with Crippen LogP contribution in [-0.4, -0.2) is 61.6 Å². The Morgan fingerprint density at radius 2 is 1.46 bits per heavy atom. The third-order valence-electron chi connectivity index (χ3n) is 5.63. The second kappa shape index (κ2) is 7.60. The highest BCUT2D eigenvalue weighted by atomic mass is 16.5. The van der Waals surface area contributed by atoms with Gasteiger partial charge in [-0.25, -0.2) is 0 Å². The second-order valence-electron chi connectivity index (χ2n) is 7.05. The van der Waals surface area contributed by atoms with Crippen LogP contribution in [0.25, 0.3) is 11.1 Å². The zero-order valence-corrected chi connectivity index (χ0v) is 15.4. The molecule has 0 aromatic heterocycles. The molecule has 2 aromatic rings. The minimum Gasteiger partial charge on any atom is -0.464 e. The number of hydrogen-bond donors (Lipinski definition) is 0. The molecule has 1 aliphatic carbocycles. The molecule has 0 unspecified atom stereocenters. The first-order valence-corrected chi connectivity index (χ1v) is 9.57. The van der Waals surface area contributed by atoms with Crippen molar-refractivity contribution in [3.05, 3.63) is 59.7 Å². The SMILES string of the molecule is CCN1CCN(CCOC(=O)C2c3ccccc3-c3ccccc32)CC1. The number of likely N-dealkylation sites (N-methyl/N-ethyl adjacent to an activating group) is 1. The maximum absolute atomic E-state index is 12.9. The lowest BCUT2D eigenvalue weighted by molar-refractivity contribution is -0.144. The third kappa shape index (κ3) is 3.27. The maximum atomic E-state index is 12.9. The Kier molecular flexibility index (Phi) is 5.05. The van der Waals surface area contributed by atoms with Gasteiger partial charge in [0.1, 0.15) is 12.5 Å². The van der Waals surface area contributed by atoms with Crippen LogP contribution < -0.4 is 0 Å². The molecule has 2 aromatic carbocycles. The molecule has 0 N–H and O–H groups in total. The van der Waals surface area contributed by atoms with E-state index in [-0.39, 0.29) is 11.9 Å². The van der Waals surface area contributed by atoms with Crippen LogP contribution in [0, 0.1) is 0 Å². The summed E-state index contributed by atoms with van der Waals surface area (Å²) in [5, 5.41) is 0. The number of ether oxygens (including phenoxy) is 1. The van der Waals surface area contributed by atoms with Crippen molar-refractivity contribution in [1.82, 2.24) is 9.80 Å². The molecule has 0 spiro atoms. The van der Waals surface area contributed by atoms with Gasteiger partial charge in [-0.15, -0.1) is 0 Å². The van der Waals surface area contributed by atoms with Gasteiger partial charge in [0.15, 0.2) is 0 Å². The molecule has 26 heavy (non-hydrogen) atoms. The fourth-order valence-corrected chi connectivity index (χ4v) is 4.10. The number of nitrogens with zero attached hydrogens (tertiary/aromatic N) is 2. The van der Waals surface area contributed by atoms with Crippen molar-refractivity contribution >= 4 is 5.97 Å². The van der Waals surface area contributed by atoms with E-state index in [0.717, 1.165) is 61.5 Å². The summed E-state index contributed by atoms with van der Waals surface area (Å²) in [4.78, 5) is 17.7. The van der Waals surface area contributed by atoms with E-state index in [1.54, 1.807) is 0 Å². The molecule has 4 heteroatoms. The van der Waals surface area contributed by atoms with Crippen LogP contribution in [-0.2, 0) is 9.53 Å². The lowest BCUT2D eigenvalue weighted by atomic mass is 9.97. The minimum absolute atomic E-state index is 0.130. The van der Waals surface area contributed by atoms with Gasteiger partial charge >= 0.3 is 5.97 Å². The average Bonchev–Trinajstić information content (AvgIpc) is 3.03. The zero-order chi connectivity index (χ0) is 17.9. The van der Waals surface area contributed by atoms with E-state index >= 15 is 0 Å². The van der Waals surface area contributed by atoms with Crippen LogP contribution in [0.2, 0.25) is 0 Å². The molecule has 2 aliphatic rings. The fraction of sp³-hybridized carbons (Fsp3) is 0.409. The molecule has 0 radical (unpaired) electrons. The number of carbonyl (C=O) groups is 1. The quantitative estimate of drug-likeness (QED) is 0.776. The minimum atomic E-state index is -0.292. The highest BCUT2D eigenvalue weighted by molar-refractivity contribution is 5.93. The number of rotatable bonds is 5. The molecule has 4 nitrogen and oxygen atoms in total. The van der Waals surface area contributed by atoms with Gasteiger partial charge in [-0.1, -0.05) is 55.5 Å². The first-order valence-electron chi connectivity index (χ1n) is 9.57. The zero-order valence-electron chi connectivity index (χ0n) is 15.4. The van der Waals surface area contributed by atoms with Crippen molar-refractivity contribution in [3.63, 3.8) is 0 Å². The highest BCUT2D eigenvalue weighted by Gasteiger charge is 2.34. The van der Waals surface area contributed by atoms with Gasteiger partial charge in [0.05, 0.1) is 0 Å². The summed E-state index contributed by atoms with van der Waals surface area (Å²) in [6.07, 6.45) is 0. The third-order valence-corrected chi connectivity index (χ3v) is 5.63. The molecular weight excluding hydrogens is 324 g/mol. The van der Waals surface area contributed by atoms with Crippen molar-refractivity contribution in [1.29, 1.82) is 0 Å². The average molecular weight is 350 g/mol. The molecule has 1 heterocycles. The molecule has 0 atom stereocenters. The standard InChI is InChI=1S/C22H26N2O2/c1-2-23-11-13-24(14-12-23)15-16-26-22(25)21-19-9-5-3-7-17(19)18-8-4-6-10-20(18)21/h3-10,21H,2,11-16H2,1H3. The number of hydrogen-bond acceptors (Lipinski definition) is 4. The molecule has 136 valence electrons.